The van der Waals surface area contributed by atoms with Crippen LogP contribution in [0.3, 0.4) is 0 Å². The number of benzene rings is 1. The summed E-state index contributed by atoms with van der Waals surface area (Å²) in [4.78, 5) is 1.89. The molecular weight excluding hydrogens is 243 g/mol. The predicted molar refractivity (Wildman–Crippen MR) is 63.3 cm³/mol. The quantitative estimate of drug-likeness (QED) is 0.823. The maximum Gasteiger partial charge on any atom is 0.412 e. The second-order valence-electron chi connectivity index (χ2n) is 4.25. The van der Waals surface area contributed by atoms with E-state index in [1.807, 2.05) is 17.0 Å². The van der Waals surface area contributed by atoms with Gasteiger partial charge < -0.3 is 10.0 Å². The Morgan fingerprint density at radius 3 is 2.28 bits per heavy atom. The highest BCUT2D eigenvalue weighted by Crippen LogP contribution is 2.31. The molecule has 0 unspecified atom stereocenters. The first-order chi connectivity index (χ1) is 8.50. The Balaban J connectivity index is 2.07. The van der Waals surface area contributed by atoms with Gasteiger partial charge in [0.2, 0.25) is 0 Å². The van der Waals surface area contributed by atoms with Crippen molar-refractivity contribution in [2.24, 2.45) is 0 Å². The van der Waals surface area contributed by atoms with Crippen LogP contribution in [-0.2, 0) is 6.61 Å². The summed E-state index contributed by atoms with van der Waals surface area (Å²) in [5, 5.41) is 8.91. The molecule has 0 fully saturated rings. The van der Waals surface area contributed by atoms with Crippen molar-refractivity contribution in [2.45, 2.75) is 19.2 Å². The van der Waals surface area contributed by atoms with Gasteiger partial charge in [0.15, 0.2) is 0 Å². The van der Waals surface area contributed by atoms with E-state index in [9.17, 15) is 13.2 Å². The van der Waals surface area contributed by atoms with Crippen molar-refractivity contribution < 1.29 is 18.3 Å². The topological polar surface area (TPSA) is 23.5 Å². The molecule has 1 N–H and O–H groups in total. The molecular formula is C13H14F3NO. The highest BCUT2D eigenvalue weighted by molar-refractivity contribution is 5.49. The fraction of sp³-hybridized carbons (Fsp3) is 0.385. The van der Waals surface area contributed by atoms with E-state index < -0.39 is 11.7 Å². The average Bonchev–Trinajstić information content (AvgIpc) is 2.38. The largest absolute Gasteiger partial charge is 0.412 e. The molecule has 0 radical (unpaired) electrons. The Kier molecular flexibility index (Phi) is 3.61. The lowest BCUT2D eigenvalue weighted by Gasteiger charge is -2.29. The van der Waals surface area contributed by atoms with Crippen LogP contribution in [0.5, 0.6) is 0 Å². The minimum Gasteiger partial charge on any atom is -0.392 e. The molecule has 1 heterocycles. The van der Waals surface area contributed by atoms with Gasteiger partial charge >= 0.3 is 6.18 Å². The van der Waals surface area contributed by atoms with Gasteiger partial charge in [-0.15, -0.1) is 0 Å². The van der Waals surface area contributed by atoms with Crippen molar-refractivity contribution in [2.75, 3.05) is 18.0 Å². The van der Waals surface area contributed by atoms with E-state index in [0.29, 0.717) is 6.54 Å². The van der Waals surface area contributed by atoms with Gasteiger partial charge in [-0.1, -0.05) is 18.2 Å². The average molecular weight is 257 g/mol. The maximum absolute atomic E-state index is 12.5. The molecule has 1 aliphatic heterocycles. The lowest BCUT2D eigenvalue weighted by molar-refractivity contribution is -0.0943. The van der Waals surface area contributed by atoms with E-state index in [4.69, 9.17) is 5.11 Å². The first-order valence-corrected chi connectivity index (χ1v) is 5.71. The Morgan fingerprint density at radius 1 is 1.17 bits per heavy atom. The SMILES string of the molecule is OCc1ccc(N2CC=C(C(F)(F)F)CC2)cc1. The van der Waals surface area contributed by atoms with Crippen LogP contribution in [0.15, 0.2) is 35.9 Å². The van der Waals surface area contributed by atoms with Crippen LogP contribution >= 0.6 is 0 Å². The summed E-state index contributed by atoms with van der Waals surface area (Å²) in [7, 11) is 0. The minimum atomic E-state index is -4.20. The van der Waals surface area contributed by atoms with Gasteiger partial charge in [-0.3, -0.25) is 0 Å². The van der Waals surface area contributed by atoms with Crippen molar-refractivity contribution in [3.05, 3.63) is 41.5 Å². The van der Waals surface area contributed by atoms with Gasteiger partial charge in [0.25, 0.3) is 0 Å². The van der Waals surface area contributed by atoms with Crippen LogP contribution in [0, 0.1) is 0 Å². The highest BCUT2D eigenvalue weighted by atomic mass is 19.4. The molecule has 1 aromatic rings. The Hall–Kier alpha value is -1.49. The summed E-state index contributed by atoms with van der Waals surface area (Å²) in [6.45, 7) is 0.607. The van der Waals surface area contributed by atoms with Crippen molar-refractivity contribution in [1.82, 2.24) is 0 Å². The highest BCUT2D eigenvalue weighted by Gasteiger charge is 2.34. The molecule has 2 rings (SSSR count). The number of halogens is 3. The third kappa shape index (κ3) is 2.85. The zero-order chi connectivity index (χ0) is 13.2. The molecule has 0 atom stereocenters. The number of anilines is 1. The molecule has 1 aromatic carbocycles. The lowest BCUT2D eigenvalue weighted by Crippen LogP contribution is -2.31. The summed E-state index contributed by atoms with van der Waals surface area (Å²) in [5.74, 6) is 0. The molecule has 0 saturated carbocycles. The van der Waals surface area contributed by atoms with Crippen LogP contribution in [0.2, 0.25) is 0 Å². The van der Waals surface area contributed by atoms with Gasteiger partial charge in [-0.05, 0) is 24.1 Å². The van der Waals surface area contributed by atoms with Gasteiger partial charge in [-0.2, -0.15) is 13.2 Å². The van der Waals surface area contributed by atoms with Gasteiger partial charge in [0, 0.05) is 24.4 Å². The zero-order valence-corrected chi connectivity index (χ0v) is 9.74. The molecule has 18 heavy (non-hydrogen) atoms. The second-order valence-corrected chi connectivity index (χ2v) is 4.25. The number of hydrogen-bond donors (Lipinski definition) is 1. The number of aliphatic hydroxyl groups excluding tert-OH is 1. The predicted octanol–water partition coefficient (Wildman–Crippen LogP) is 2.88. The van der Waals surface area contributed by atoms with Crippen LogP contribution in [0.4, 0.5) is 18.9 Å². The first-order valence-electron chi connectivity index (χ1n) is 5.71. The van der Waals surface area contributed by atoms with E-state index in [2.05, 4.69) is 0 Å². The molecule has 5 heteroatoms. The number of nitrogens with zero attached hydrogens (tertiary/aromatic N) is 1. The summed E-state index contributed by atoms with van der Waals surface area (Å²) < 4.78 is 37.4. The summed E-state index contributed by atoms with van der Waals surface area (Å²) >= 11 is 0. The van der Waals surface area contributed by atoms with Gasteiger partial charge in [0.05, 0.1) is 6.61 Å². The van der Waals surface area contributed by atoms with Gasteiger partial charge in [-0.25, -0.2) is 0 Å². The molecule has 0 aliphatic carbocycles. The fourth-order valence-electron chi connectivity index (χ4n) is 1.97. The standard InChI is InChI=1S/C13H14F3NO/c14-13(15,16)11-5-7-17(8-6-11)12-3-1-10(9-18)2-4-12/h1-5,18H,6-9H2. The number of aliphatic hydroxyl groups is 1. The fourth-order valence-corrected chi connectivity index (χ4v) is 1.97. The number of rotatable bonds is 2. The molecule has 0 bridgehead atoms. The number of alkyl halides is 3. The Morgan fingerprint density at radius 2 is 1.83 bits per heavy atom. The maximum atomic E-state index is 12.5. The van der Waals surface area contributed by atoms with Crippen molar-refractivity contribution in [3.8, 4) is 0 Å². The summed E-state index contributed by atoms with van der Waals surface area (Å²) in [6, 6.07) is 7.19. The van der Waals surface area contributed by atoms with Crippen LogP contribution in [0.25, 0.3) is 0 Å². The van der Waals surface area contributed by atoms with Crippen molar-refractivity contribution in [3.63, 3.8) is 0 Å². The smallest absolute Gasteiger partial charge is 0.392 e. The molecule has 0 spiro atoms. The van der Waals surface area contributed by atoms with Crippen LogP contribution in [-0.4, -0.2) is 24.4 Å². The summed E-state index contributed by atoms with van der Waals surface area (Å²) in [5.41, 5.74) is 1.23. The van der Waals surface area contributed by atoms with E-state index in [1.165, 1.54) is 6.08 Å². The van der Waals surface area contributed by atoms with E-state index in [-0.39, 0.29) is 19.6 Å². The van der Waals surface area contributed by atoms with E-state index in [0.717, 1.165) is 11.3 Å². The second kappa shape index (κ2) is 5.02. The monoisotopic (exact) mass is 257 g/mol. The third-order valence-corrected chi connectivity index (χ3v) is 3.06. The van der Waals surface area contributed by atoms with Crippen molar-refractivity contribution in [1.29, 1.82) is 0 Å². The molecule has 0 aromatic heterocycles. The molecule has 0 amide bonds. The Labute approximate surface area is 103 Å². The van der Waals surface area contributed by atoms with Crippen LogP contribution in [0.1, 0.15) is 12.0 Å². The molecule has 1 aliphatic rings. The lowest BCUT2D eigenvalue weighted by atomic mass is 10.1. The normalized spacial score (nSPS) is 16.7. The molecule has 0 saturated heterocycles. The molecule has 98 valence electrons. The minimum absolute atomic E-state index is 0.0191. The Bertz CT molecular complexity index is 437. The van der Waals surface area contributed by atoms with Gasteiger partial charge in [0.1, 0.15) is 0 Å². The van der Waals surface area contributed by atoms with Crippen molar-refractivity contribution >= 4 is 5.69 Å². The summed E-state index contributed by atoms with van der Waals surface area (Å²) in [6.07, 6.45) is -2.94. The van der Waals surface area contributed by atoms with E-state index >= 15 is 0 Å². The zero-order valence-electron chi connectivity index (χ0n) is 9.74. The third-order valence-electron chi connectivity index (χ3n) is 3.06. The first kappa shape index (κ1) is 13.0. The number of hydrogen-bond acceptors (Lipinski definition) is 2. The molecule has 2 nitrogen and oxygen atoms in total. The van der Waals surface area contributed by atoms with Crippen LogP contribution < -0.4 is 4.90 Å². The van der Waals surface area contributed by atoms with E-state index in [1.54, 1.807) is 12.1 Å².